The minimum absolute atomic E-state index is 0.0394. The van der Waals surface area contributed by atoms with Crippen LogP contribution in [0.1, 0.15) is 33.6 Å². The molecule has 1 N–H and O–H groups in total. The predicted octanol–water partition coefficient (Wildman–Crippen LogP) is 1.33. The van der Waals surface area contributed by atoms with Crippen LogP contribution in [0.5, 0.6) is 0 Å². The van der Waals surface area contributed by atoms with E-state index in [1.807, 2.05) is 13.8 Å². The molecule has 0 aromatic heterocycles. The van der Waals surface area contributed by atoms with Gasteiger partial charge in [-0.05, 0) is 12.8 Å². The molecule has 2 fully saturated rings. The Kier molecular flexibility index (Phi) is 3.31. The third-order valence-electron chi connectivity index (χ3n) is 2.65. The van der Waals surface area contributed by atoms with Gasteiger partial charge in [0.25, 0.3) is 0 Å². The molecule has 76 valence electrons. The Balaban J connectivity index is 0.000000396. The molecule has 13 heavy (non-hydrogen) atoms. The molecule has 2 rings (SSSR count). The van der Waals surface area contributed by atoms with E-state index in [1.54, 1.807) is 0 Å². The summed E-state index contributed by atoms with van der Waals surface area (Å²) in [5.41, 5.74) is 0.0394. The number of hydrogen-bond acceptors (Lipinski definition) is 2. The minimum atomic E-state index is 0.0394. The molecule has 1 atom stereocenters. The molecule has 3 heteroatoms. The average molecular weight is 185 g/mol. The number of carbonyl (C=O) groups excluding carboxylic acids is 1. The zero-order valence-electron chi connectivity index (χ0n) is 8.72. The van der Waals surface area contributed by atoms with E-state index in [4.69, 9.17) is 4.74 Å². The van der Waals surface area contributed by atoms with Gasteiger partial charge >= 0.3 is 0 Å². The second kappa shape index (κ2) is 4.09. The smallest absolute Gasteiger partial charge is 0.223 e. The fourth-order valence-electron chi connectivity index (χ4n) is 1.85. The molecule has 1 unspecified atom stereocenters. The van der Waals surface area contributed by atoms with Crippen LogP contribution in [0.25, 0.3) is 0 Å². The zero-order chi connectivity index (χ0) is 9.90. The lowest BCUT2D eigenvalue weighted by Crippen LogP contribution is -2.57. The third kappa shape index (κ3) is 1.85. The lowest BCUT2D eigenvalue weighted by molar-refractivity contribution is -0.125. The molecule has 2 saturated heterocycles. The SMILES string of the molecule is CC.CCC1CC2(COC2)NC1=O. The van der Waals surface area contributed by atoms with Crippen molar-refractivity contribution in [3.63, 3.8) is 0 Å². The van der Waals surface area contributed by atoms with Crippen LogP contribution < -0.4 is 5.32 Å². The molecule has 3 nitrogen and oxygen atoms in total. The van der Waals surface area contributed by atoms with Crippen molar-refractivity contribution in [2.75, 3.05) is 13.2 Å². The van der Waals surface area contributed by atoms with Crippen LogP contribution in [-0.2, 0) is 9.53 Å². The van der Waals surface area contributed by atoms with Crippen LogP contribution in [0.3, 0.4) is 0 Å². The topological polar surface area (TPSA) is 38.3 Å². The highest BCUT2D eigenvalue weighted by molar-refractivity contribution is 5.82. The Morgan fingerprint density at radius 3 is 2.38 bits per heavy atom. The van der Waals surface area contributed by atoms with Gasteiger partial charge in [0.2, 0.25) is 5.91 Å². The lowest BCUT2D eigenvalue weighted by atomic mass is 9.90. The first-order valence-electron chi connectivity index (χ1n) is 5.15. The third-order valence-corrected chi connectivity index (χ3v) is 2.65. The Hall–Kier alpha value is -0.570. The highest BCUT2D eigenvalue weighted by Crippen LogP contribution is 2.32. The number of amides is 1. The molecule has 1 spiro atoms. The van der Waals surface area contributed by atoms with Gasteiger partial charge < -0.3 is 10.1 Å². The summed E-state index contributed by atoms with van der Waals surface area (Å²) in [5, 5.41) is 3.00. The van der Waals surface area contributed by atoms with Gasteiger partial charge in [-0.1, -0.05) is 20.8 Å². The van der Waals surface area contributed by atoms with E-state index in [0.717, 1.165) is 26.1 Å². The molecular weight excluding hydrogens is 166 g/mol. The molecule has 0 saturated carbocycles. The van der Waals surface area contributed by atoms with Crippen molar-refractivity contribution in [3.05, 3.63) is 0 Å². The van der Waals surface area contributed by atoms with E-state index >= 15 is 0 Å². The maximum Gasteiger partial charge on any atom is 0.223 e. The van der Waals surface area contributed by atoms with Gasteiger partial charge in [0.15, 0.2) is 0 Å². The summed E-state index contributed by atoms with van der Waals surface area (Å²) in [6.07, 6.45) is 1.93. The maximum atomic E-state index is 11.2. The van der Waals surface area contributed by atoms with E-state index in [2.05, 4.69) is 12.2 Å². The summed E-state index contributed by atoms with van der Waals surface area (Å²) in [4.78, 5) is 11.2. The standard InChI is InChI=1S/C8H13NO2.C2H6/c1-2-6-3-8(4-11-5-8)9-7(6)10;1-2/h6H,2-5H2,1H3,(H,9,10);1-2H3. The van der Waals surface area contributed by atoms with Crippen LogP contribution >= 0.6 is 0 Å². The predicted molar refractivity (Wildman–Crippen MR) is 51.4 cm³/mol. The van der Waals surface area contributed by atoms with Crippen LogP contribution in [0, 0.1) is 5.92 Å². The first kappa shape index (κ1) is 10.5. The van der Waals surface area contributed by atoms with Crippen molar-refractivity contribution >= 4 is 5.91 Å². The zero-order valence-corrected chi connectivity index (χ0v) is 8.72. The first-order valence-corrected chi connectivity index (χ1v) is 5.15. The molecule has 2 aliphatic heterocycles. The highest BCUT2D eigenvalue weighted by Gasteiger charge is 2.48. The molecule has 0 bridgehead atoms. The number of rotatable bonds is 1. The van der Waals surface area contributed by atoms with Crippen molar-refractivity contribution in [2.45, 2.75) is 39.2 Å². The molecule has 0 radical (unpaired) electrons. The van der Waals surface area contributed by atoms with Crippen LogP contribution in [-0.4, -0.2) is 24.7 Å². The van der Waals surface area contributed by atoms with E-state index in [-0.39, 0.29) is 17.4 Å². The van der Waals surface area contributed by atoms with Gasteiger partial charge in [0.1, 0.15) is 0 Å². The number of carbonyl (C=O) groups is 1. The van der Waals surface area contributed by atoms with Crippen molar-refractivity contribution in [2.24, 2.45) is 5.92 Å². The molecule has 0 aromatic carbocycles. The molecular formula is C10H19NO2. The minimum Gasteiger partial charge on any atom is -0.376 e. The highest BCUT2D eigenvalue weighted by atomic mass is 16.5. The summed E-state index contributed by atoms with van der Waals surface area (Å²) >= 11 is 0. The van der Waals surface area contributed by atoms with Crippen molar-refractivity contribution in [1.82, 2.24) is 5.32 Å². The van der Waals surface area contributed by atoms with Crippen molar-refractivity contribution in [1.29, 1.82) is 0 Å². The molecule has 2 aliphatic rings. The molecule has 2 heterocycles. The Morgan fingerprint density at radius 1 is 1.54 bits per heavy atom. The summed E-state index contributed by atoms with van der Waals surface area (Å²) < 4.78 is 5.09. The second-order valence-electron chi connectivity index (χ2n) is 3.57. The van der Waals surface area contributed by atoms with Gasteiger partial charge in [-0.25, -0.2) is 0 Å². The fourth-order valence-corrected chi connectivity index (χ4v) is 1.85. The van der Waals surface area contributed by atoms with Crippen molar-refractivity contribution < 1.29 is 9.53 Å². The number of ether oxygens (including phenoxy) is 1. The van der Waals surface area contributed by atoms with Gasteiger partial charge in [-0.2, -0.15) is 0 Å². The Morgan fingerprint density at radius 2 is 2.15 bits per heavy atom. The van der Waals surface area contributed by atoms with Crippen molar-refractivity contribution in [3.8, 4) is 0 Å². The molecule has 0 aromatic rings. The normalized spacial score (nSPS) is 28.8. The monoisotopic (exact) mass is 185 g/mol. The van der Waals surface area contributed by atoms with Crippen LogP contribution in [0.2, 0.25) is 0 Å². The first-order chi connectivity index (χ1) is 6.26. The largest absolute Gasteiger partial charge is 0.376 e. The fraction of sp³-hybridized carbons (Fsp3) is 0.900. The summed E-state index contributed by atoms with van der Waals surface area (Å²) in [5.74, 6) is 0.453. The van der Waals surface area contributed by atoms with E-state index in [0.29, 0.717) is 0 Å². The Bertz CT molecular complexity index is 187. The van der Waals surface area contributed by atoms with Crippen LogP contribution in [0.15, 0.2) is 0 Å². The number of nitrogens with one attached hydrogen (secondary N) is 1. The maximum absolute atomic E-state index is 11.2. The van der Waals surface area contributed by atoms with E-state index < -0.39 is 0 Å². The number of hydrogen-bond donors (Lipinski definition) is 1. The van der Waals surface area contributed by atoms with Crippen LogP contribution in [0.4, 0.5) is 0 Å². The quantitative estimate of drug-likeness (QED) is 0.669. The van der Waals surface area contributed by atoms with Gasteiger partial charge in [-0.15, -0.1) is 0 Å². The van der Waals surface area contributed by atoms with Gasteiger partial charge in [0.05, 0.1) is 18.8 Å². The van der Waals surface area contributed by atoms with E-state index in [9.17, 15) is 4.79 Å². The Labute approximate surface area is 79.8 Å². The summed E-state index contributed by atoms with van der Waals surface area (Å²) in [7, 11) is 0. The average Bonchev–Trinajstić information content (AvgIpc) is 2.46. The second-order valence-corrected chi connectivity index (χ2v) is 3.57. The summed E-state index contributed by atoms with van der Waals surface area (Å²) in [6, 6.07) is 0. The van der Waals surface area contributed by atoms with E-state index in [1.165, 1.54) is 0 Å². The molecule has 1 amide bonds. The van der Waals surface area contributed by atoms with Gasteiger partial charge in [-0.3, -0.25) is 4.79 Å². The van der Waals surface area contributed by atoms with Gasteiger partial charge in [0, 0.05) is 5.92 Å². The lowest BCUT2D eigenvalue weighted by Gasteiger charge is -2.37. The molecule has 0 aliphatic carbocycles. The summed E-state index contributed by atoms with van der Waals surface area (Å²) in [6.45, 7) is 7.49.